The first-order chi connectivity index (χ1) is 14.8. The standard InChI is InChI=1S/C27H24O2P/c28-20-22-12-10-11-19-26(22)27(29)21-30(23-13-4-1-5-14-23,24-15-6-2-7-16-24)25-17-8-3-9-18-25/h1-19,28H,20-21H2/q+1. The molecule has 0 bridgehead atoms. The highest BCUT2D eigenvalue weighted by atomic mass is 31.2. The average Bonchev–Trinajstić information content (AvgIpc) is 2.84. The summed E-state index contributed by atoms with van der Waals surface area (Å²) in [6.07, 6.45) is 0.377. The molecule has 0 aliphatic rings. The van der Waals surface area contributed by atoms with Crippen LogP contribution in [0.15, 0.2) is 115 Å². The van der Waals surface area contributed by atoms with E-state index in [9.17, 15) is 9.90 Å². The second-order valence-corrected chi connectivity index (χ2v) is 10.7. The number of ketones is 1. The van der Waals surface area contributed by atoms with Crippen LogP contribution in [-0.2, 0) is 6.61 Å². The zero-order valence-electron chi connectivity index (χ0n) is 16.7. The molecule has 0 aliphatic heterocycles. The van der Waals surface area contributed by atoms with Gasteiger partial charge in [-0.1, -0.05) is 78.9 Å². The molecule has 4 aromatic rings. The highest BCUT2D eigenvalue weighted by Crippen LogP contribution is 2.55. The highest BCUT2D eigenvalue weighted by Gasteiger charge is 2.47. The third-order valence-electron chi connectivity index (χ3n) is 5.46. The first kappa shape index (κ1) is 20.2. The van der Waals surface area contributed by atoms with Crippen LogP contribution in [0.5, 0.6) is 0 Å². The molecular weight excluding hydrogens is 387 g/mol. The van der Waals surface area contributed by atoms with Crippen LogP contribution in [0.3, 0.4) is 0 Å². The molecule has 4 rings (SSSR count). The summed E-state index contributed by atoms with van der Waals surface area (Å²) < 4.78 is 0. The molecule has 2 nitrogen and oxygen atoms in total. The molecule has 0 radical (unpaired) electrons. The van der Waals surface area contributed by atoms with Crippen LogP contribution in [0.4, 0.5) is 0 Å². The molecule has 3 heteroatoms. The van der Waals surface area contributed by atoms with Crippen molar-refractivity contribution in [3.8, 4) is 0 Å². The smallest absolute Gasteiger partial charge is 0.201 e. The SMILES string of the molecule is O=C(C[P+](c1ccccc1)(c1ccccc1)c1ccccc1)c1ccccc1CO. The van der Waals surface area contributed by atoms with E-state index in [0.717, 1.165) is 0 Å². The van der Waals surface area contributed by atoms with E-state index in [2.05, 4.69) is 36.4 Å². The zero-order chi connectivity index (χ0) is 20.8. The number of Topliss-reactive ketones (excluding diaryl/α,β-unsaturated/α-hetero) is 1. The second kappa shape index (κ2) is 9.17. The monoisotopic (exact) mass is 411 g/mol. The highest BCUT2D eigenvalue weighted by molar-refractivity contribution is 7.96. The lowest BCUT2D eigenvalue weighted by Crippen LogP contribution is -2.36. The zero-order valence-corrected chi connectivity index (χ0v) is 17.6. The minimum Gasteiger partial charge on any atom is -0.392 e. The molecule has 0 aliphatic carbocycles. The van der Waals surface area contributed by atoms with Gasteiger partial charge in [-0.2, -0.15) is 0 Å². The van der Waals surface area contributed by atoms with Crippen LogP contribution in [-0.4, -0.2) is 17.1 Å². The summed E-state index contributed by atoms with van der Waals surface area (Å²) in [6.45, 7) is -0.143. The Labute approximate surface area is 178 Å². The fourth-order valence-electron chi connectivity index (χ4n) is 4.00. The van der Waals surface area contributed by atoms with Gasteiger partial charge in [0.15, 0.2) is 0 Å². The Bertz CT molecular complexity index is 1010. The maximum atomic E-state index is 13.7. The maximum absolute atomic E-state index is 13.7. The summed E-state index contributed by atoms with van der Waals surface area (Å²) >= 11 is 0. The summed E-state index contributed by atoms with van der Waals surface area (Å²) in [5.74, 6) is 0.0598. The van der Waals surface area contributed by atoms with Crippen LogP contribution < -0.4 is 15.9 Å². The summed E-state index contributed by atoms with van der Waals surface area (Å²) in [5.41, 5.74) is 1.28. The molecule has 4 aromatic carbocycles. The van der Waals surface area contributed by atoms with Crippen LogP contribution in [0.25, 0.3) is 0 Å². The van der Waals surface area contributed by atoms with Gasteiger partial charge >= 0.3 is 0 Å². The molecule has 0 amide bonds. The lowest BCUT2D eigenvalue weighted by molar-refractivity contribution is 0.101. The van der Waals surface area contributed by atoms with Crippen molar-refractivity contribution in [3.63, 3.8) is 0 Å². The Morgan fingerprint density at radius 3 is 1.43 bits per heavy atom. The minimum atomic E-state index is -2.24. The Balaban J connectivity index is 1.94. The number of aliphatic hydroxyl groups is 1. The van der Waals surface area contributed by atoms with Crippen molar-refractivity contribution >= 4 is 29.0 Å². The Hall–Kier alpha value is -3.06. The van der Waals surface area contributed by atoms with Gasteiger partial charge in [0, 0.05) is 5.56 Å². The van der Waals surface area contributed by atoms with E-state index in [4.69, 9.17) is 0 Å². The summed E-state index contributed by atoms with van der Waals surface area (Å²) in [6, 6.07) is 38.5. The predicted octanol–water partition coefficient (Wildman–Crippen LogP) is 4.36. The first-order valence-corrected chi connectivity index (χ1v) is 12.0. The van der Waals surface area contributed by atoms with Crippen LogP contribution >= 0.6 is 7.26 Å². The molecule has 0 aromatic heterocycles. The minimum absolute atomic E-state index is 0.0598. The van der Waals surface area contributed by atoms with Gasteiger partial charge < -0.3 is 5.11 Å². The molecule has 148 valence electrons. The molecule has 1 N–H and O–H groups in total. The Morgan fingerprint density at radius 1 is 0.600 bits per heavy atom. The number of aliphatic hydroxyl groups excluding tert-OH is 1. The average molecular weight is 411 g/mol. The molecule has 0 atom stereocenters. The van der Waals surface area contributed by atoms with Gasteiger partial charge in [0.05, 0.1) is 6.61 Å². The number of hydrogen-bond acceptors (Lipinski definition) is 2. The predicted molar refractivity (Wildman–Crippen MR) is 127 cm³/mol. The third-order valence-corrected chi connectivity index (χ3v) is 9.76. The van der Waals surface area contributed by atoms with E-state index in [-0.39, 0.29) is 12.4 Å². The molecule has 30 heavy (non-hydrogen) atoms. The van der Waals surface area contributed by atoms with E-state index in [1.54, 1.807) is 0 Å². The Morgan fingerprint density at radius 2 is 1.00 bits per heavy atom. The lowest BCUT2D eigenvalue weighted by atomic mass is 10.1. The molecule has 0 spiro atoms. The Kier molecular flexibility index (Phi) is 6.18. The topological polar surface area (TPSA) is 37.3 Å². The summed E-state index contributed by atoms with van der Waals surface area (Å²) in [5, 5.41) is 13.3. The van der Waals surface area contributed by atoms with Crippen molar-refractivity contribution in [2.75, 3.05) is 6.16 Å². The number of rotatable bonds is 7. The summed E-state index contributed by atoms with van der Waals surface area (Å²) in [4.78, 5) is 13.7. The fourth-order valence-corrected chi connectivity index (χ4v) is 8.09. The molecular formula is C27H24O2P+. The van der Waals surface area contributed by atoms with Gasteiger partial charge in [-0.25, -0.2) is 0 Å². The second-order valence-electron chi connectivity index (χ2n) is 7.21. The third kappa shape index (κ3) is 3.85. The van der Waals surface area contributed by atoms with Gasteiger partial charge in [0.1, 0.15) is 29.3 Å². The molecule has 0 saturated carbocycles. The number of benzene rings is 4. The molecule has 0 unspecified atom stereocenters. The van der Waals surface area contributed by atoms with Gasteiger partial charge in [0.25, 0.3) is 0 Å². The van der Waals surface area contributed by atoms with Crippen molar-refractivity contribution in [2.24, 2.45) is 0 Å². The van der Waals surface area contributed by atoms with Gasteiger partial charge in [-0.15, -0.1) is 0 Å². The summed E-state index contributed by atoms with van der Waals surface area (Å²) in [7, 11) is -2.24. The lowest BCUT2D eigenvalue weighted by Gasteiger charge is -2.27. The number of carbonyl (C=O) groups excluding carboxylic acids is 1. The van der Waals surface area contributed by atoms with Crippen molar-refractivity contribution in [1.82, 2.24) is 0 Å². The molecule has 0 saturated heterocycles. The normalized spacial score (nSPS) is 11.2. The first-order valence-electron chi connectivity index (χ1n) is 10.0. The van der Waals surface area contributed by atoms with E-state index in [1.165, 1.54) is 15.9 Å². The van der Waals surface area contributed by atoms with Crippen LogP contribution in [0.1, 0.15) is 15.9 Å². The van der Waals surface area contributed by atoms with Crippen molar-refractivity contribution in [3.05, 3.63) is 126 Å². The van der Waals surface area contributed by atoms with Crippen LogP contribution in [0, 0.1) is 0 Å². The van der Waals surface area contributed by atoms with Gasteiger partial charge in [-0.05, 0) is 42.0 Å². The van der Waals surface area contributed by atoms with Crippen molar-refractivity contribution < 1.29 is 9.90 Å². The number of hydrogen-bond donors (Lipinski definition) is 1. The van der Waals surface area contributed by atoms with E-state index < -0.39 is 7.26 Å². The van der Waals surface area contributed by atoms with Crippen molar-refractivity contribution in [2.45, 2.75) is 6.61 Å². The van der Waals surface area contributed by atoms with Gasteiger partial charge in [0.2, 0.25) is 5.78 Å². The van der Waals surface area contributed by atoms with Crippen LogP contribution in [0.2, 0.25) is 0 Å². The molecule has 0 fully saturated rings. The fraction of sp³-hybridized carbons (Fsp3) is 0.0741. The van der Waals surface area contributed by atoms with E-state index in [0.29, 0.717) is 17.3 Å². The largest absolute Gasteiger partial charge is 0.392 e. The van der Waals surface area contributed by atoms with E-state index >= 15 is 0 Å². The van der Waals surface area contributed by atoms with E-state index in [1.807, 2.05) is 78.9 Å². The number of carbonyl (C=O) groups is 1. The van der Waals surface area contributed by atoms with Gasteiger partial charge in [-0.3, -0.25) is 4.79 Å². The van der Waals surface area contributed by atoms with Crippen molar-refractivity contribution in [1.29, 1.82) is 0 Å². The molecule has 0 heterocycles. The maximum Gasteiger partial charge on any atom is 0.201 e. The quantitative estimate of drug-likeness (QED) is 0.363.